The van der Waals surface area contributed by atoms with E-state index in [4.69, 9.17) is 0 Å². The van der Waals surface area contributed by atoms with Crippen molar-refractivity contribution in [1.82, 2.24) is 9.88 Å². The molecular formula is C19H18N2OS. The second-order valence-corrected chi connectivity index (χ2v) is 6.45. The van der Waals surface area contributed by atoms with Gasteiger partial charge in [-0.15, -0.1) is 11.3 Å². The van der Waals surface area contributed by atoms with Gasteiger partial charge >= 0.3 is 0 Å². The predicted molar refractivity (Wildman–Crippen MR) is 96.3 cm³/mol. The van der Waals surface area contributed by atoms with E-state index in [1.54, 1.807) is 22.3 Å². The molecule has 0 aliphatic heterocycles. The van der Waals surface area contributed by atoms with Crippen molar-refractivity contribution in [2.45, 2.75) is 13.0 Å². The van der Waals surface area contributed by atoms with Crippen molar-refractivity contribution in [3.05, 3.63) is 71.2 Å². The number of hydrogen-bond acceptors (Lipinski definition) is 3. The van der Waals surface area contributed by atoms with Gasteiger partial charge in [0, 0.05) is 13.1 Å². The van der Waals surface area contributed by atoms with Crippen molar-refractivity contribution in [3.8, 4) is 0 Å². The Hall–Kier alpha value is -2.46. The molecule has 23 heavy (non-hydrogen) atoms. The summed E-state index contributed by atoms with van der Waals surface area (Å²) in [7, 11) is 1.81. The van der Waals surface area contributed by atoms with Gasteiger partial charge in [0.15, 0.2) is 0 Å². The Kier molecular flexibility index (Phi) is 4.53. The van der Waals surface area contributed by atoms with Crippen LogP contribution in [0.25, 0.3) is 16.3 Å². The summed E-state index contributed by atoms with van der Waals surface area (Å²) in [5.74, 6) is -0.0272. The maximum atomic E-state index is 12.4. The molecule has 2 aromatic carbocycles. The van der Waals surface area contributed by atoms with E-state index < -0.39 is 0 Å². The highest BCUT2D eigenvalue weighted by molar-refractivity contribution is 7.18. The third-order valence-corrected chi connectivity index (χ3v) is 5.02. The van der Waals surface area contributed by atoms with Gasteiger partial charge in [0.2, 0.25) is 5.91 Å². The Labute approximate surface area is 139 Å². The molecule has 0 aliphatic rings. The molecule has 1 heterocycles. The van der Waals surface area contributed by atoms with Crippen LogP contribution in [-0.2, 0) is 4.79 Å². The van der Waals surface area contributed by atoms with Crippen molar-refractivity contribution in [3.63, 3.8) is 0 Å². The monoisotopic (exact) mass is 322 g/mol. The summed E-state index contributed by atoms with van der Waals surface area (Å²) in [6.45, 7) is 2.01. The van der Waals surface area contributed by atoms with Crippen LogP contribution in [0, 0.1) is 0 Å². The van der Waals surface area contributed by atoms with Gasteiger partial charge in [-0.2, -0.15) is 0 Å². The van der Waals surface area contributed by atoms with Crippen LogP contribution < -0.4 is 0 Å². The van der Waals surface area contributed by atoms with Crippen LogP contribution in [-0.4, -0.2) is 22.8 Å². The zero-order valence-corrected chi connectivity index (χ0v) is 14.0. The molecule has 0 N–H and O–H groups in total. The lowest BCUT2D eigenvalue weighted by atomic mass is 10.2. The molecule has 3 aromatic rings. The summed E-state index contributed by atoms with van der Waals surface area (Å²) in [6, 6.07) is 17.8. The molecule has 4 heteroatoms. The summed E-state index contributed by atoms with van der Waals surface area (Å²) < 4.78 is 1.15. The van der Waals surface area contributed by atoms with Crippen molar-refractivity contribution in [1.29, 1.82) is 0 Å². The molecule has 3 rings (SSSR count). The van der Waals surface area contributed by atoms with Crippen LogP contribution in [0.3, 0.4) is 0 Å². The van der Waals surface area contributed by atoms with Gasteiger partial charge in [-0.3, -0.25) is 4.79 Å². The number of para-hydroxylation sites is 1. The number of fused-ring (bicyclic) bond motifs is 1. The molecule has 116 valence electrons. The largest absolute Gasteiger partial charge is 0.333 e. The van der Waals surface area contributed by atoms with Crippen molar-refractivity contribution >= 4 is 33.5 Å². The van der Waals surface area contributed by atoms with Gasteiger partial charge < -0.3 is 4.90 Å². The smallest absolute Gasteiger partial charge is 0.246 e. The first-order chi connectivity index (χ1) is 11.1. The number of likely N-dealkylation sites (N-methyl/N-ethyl adjacent to an activating group) is 1. The van der Waals surface area contributed by atoms with Crippen LogP contribution in [0.2, 0.25) is 0 Å². The zero-order chi connectivity index (χ0) is 16.2. The van der Waals surface area contributed by atoms with Crippen LogP contribution in [0.15, 0.2) is 60.7 Å². The zero-order valence-electron chi connectivity index (χ0n) is 13.1. The van der Waals surface area contributed by atoms with E-state index >= 15 is 0 Å². The second kappa shape index (κ2) is 6.75. The van der Waals surface area contributed by atoms with Crippen LogP contribution >= 0.6 is 11.3 Å². The van der Waals surface area contributed by atoms with E-state index in [0.717, 1.165) is 20.8 Å². The lowest BCUT2D eigenvalue weighted by Gasteiger charge is -2.21. The average molecular weight is 322 g/mol. The lowest BCUT2D eigenvalue weighted by Crippen LogP contribution is -2.27. The average Bonchev–Trinajstić information content (AvgIpc) is 3.03. The van der Waals surface area contributed by atoms with Crippen molar-refractivity contribution < 1.29 is 4.79 Å². The number of amides is 1. The minimum atomic E-state index is -0.0553. The van der Waals surface area contributed by atoms with Crippen LogP contribution in [0.5, 0.6) is 0 Å². The highest BCUT2D eigenvalue weighted by atomic mass is 32.1. The molecule has 0 aliphatic carbocycles. The van der Waals surface area contributed by atoms with Gasteiger partial charge in [0.1, 0.15) is 5.01 Å². The quantitative estimate of drug-likeness (QED) is 0.661. The van der Waals surface area contributed by atoms with E-state index in [0.29, 0.717) is 0 Å². The number of hydrogen-bond donors (Lipinski definition) is 0. The fourth-order valence-electron chi connectivity index (χ4n) is 2.27. The van der Waals surface area contributed by atoms with E-state index in [1.165, 1.54) is 0 Å². The Morgan fingerprint density at radius 3 is 2.57 bits per heavy atom. The minimum absolute atomic E-state index is 0.0272. The minimum Gasteiger partial charge on any atom is -0.333 e. The first-order valence-electron chi connectivity index (χ1n) is 7.50. The lowest BCUT2D eigenvalue weighted by molar-refractivity contribution is -0.126. The van der Waals surface area contributed by atoms with Gasteiger partial charge in [-0.05, 0) is 30.7 Å². The Morgan fingerprint density at radius 1 is 1.13 bits per heavy atom. The van der Waals surface area contributed by atoms with E-state index in [2.05, 4.69) is 11.1 Å². The number of nitrogens with zero attached hydrogens (tertiary/aromatic N) is 2. The first-order valence-corrected chi connectivity index (χ1v) is 8.32. The van der Waals surface area contributed by atoms with E-state index in [9.17, 15) is 4.79 Å². The van der Waals surface area contributed by atoms with Gasteiger partial charge in [0.25, 0.3) is 0 Å². The maximum Gasteiger partial charge on any atom is 0.246 e. The van der Waals surface area contributed by atoms with Crippen LogP contribution in [0.4, 0.5) is 0 Å². The molecule has 0 fully saturated rings. The number of carbonyl (C=O) groups is 1. The third-order valence-electron chi connectivity index (χ3n) is 3.81. The van der Waals surface area contributed by atoms with Crippen LogP contribution in [0.1, 0.15) is 23.5 Å². The third kappa shape index (κ3) is 3.48. The molecule has 0 saturated heterocycles. The number of aromatic nitrogens is 1. The topological polar surface area (TPSA) is 33.2 Å². The molecule has 0 spiro atoms. The molecule has 0 unspecified atom stereocenters. The van der Waals surface area contributed by atoms with Gasteiger partial charge in [-0.1, -0.05) is 42.5 Å². The number of benzene rings is 2. The number of carbonyl (C=O) groups excluding carboxylic acids is 1. The number of thiazole rings is 1. The molecular weight excluding hydrogens is 304 g/mol. The highest BCUT2D eigenvalue weighted by Crippen LogP contribution is 2.28. The summed E-state index contributed by atoms with van der Waals surface area (Å²) in [5.41, 5.74) is 2.00. The molecule has 1 aromatic heterocycles. The Bertz CT molecular complexity index is 806. The fraction of sp³-hybridized carbons (Fsp3) is 0.158. The molecule has 0 saturated carbocycles. The fourth-order valence-corrected chi connectivity index (χ4v) is 3.34. The van der Waals surface area contributed by atoms with E-state index in [-0.39, 0.29) is 11.9 Å². The summed E-state index contributed by atoms with van der Waals surface area (Å²) in [4.78, 5) is 18.7. The van der Waals surface area contributed by atoms with Crippen molar-refractivity contribution in [2.75, 3.05) is 7.05 Å². The Balaban J connectivity index is 1.74. The van der Waals surface area contributed by atoms with Gasteiger partial charge in [-0.25, -0.2) is 4.98 Å². The standard InChI is InChI=1S/C19H18N2OS/c1-14(19-20-16-10-6-7-11-17(16)23-19)21(2)18(22)13-12-15-8-4-3-5-9-15/h3-14H,1-2H3/b13-12+/t14-/m0/s1. The summed E-state index contributed by atoms with van der Waals surface area (Å²) >= 11 is 1.64. The molecule has 3 nitrogen and oxygen atoms in total. The SMILES string of the molecule is C[C@@H](c1nc2ccccc2s1)N(C)C(=O)/C=C/c1ccccc1. The highest BCUT2D eigenvalue weighted by Gasteiger charge is 2.19. The Morgan fingerprint density at radius 2 is 1.83 bits per heavy atom. The number of rotatable bonds is 4. The molecule has 1 amide bonds. The maximum absolute atomic E-state index is 12.4. The predicted octanol–water partition coefficient (Wildman–Crippen LogP) is 4.53. The molecule has 0 radical (unpaired) electrons. The second-order valence-electron chi connectivity index (χ2n) is 5.39. The van der Waals surface area contributed by atoms with Gasteiger partial charge in [0.05, 0.1) is 16.3 Å². The summed E-state index contributed by atoms with van der Waals surface area (Å²) in [6.07, 6.45) is 3.45. The molecule has 0 bridgehead atoms. The first kappa shape index (κ1) is 15.4. The molecule has 1 atom stereocenters. The van der Waals surface area contributed by atoms with E-state index in [1.807, 2.05) is 68.6 Å². The van der Waals surface area contributed by atoms with Crippen molar-refractivity contribution in [2.24, 2.45) is 0 Å². The summed E-state index contributed by atoms with van der Waals surface area (Å²) in [5, 5.41) is 0.954. The normalized spacial score (nSPS) is 12.6.